The number of hydrogen-bond donors (Lipinski definition) is 4. The molecule has 0 fully saturated rings. The average Bonchev–Trinajstić information content (AvgIpc) is 3.76. The van der Waals surface area contributed by atoms with Crippen LogP contribution in [0.2, 0.25) is 0 Å². The highest BCUT2D eigenvalue weighted by Gasteiger charge is 2.27. The molecule has 24 heteroatoms. The van der Waals surface area contributed by atoms with Crippen molar-refractivity contribution in [1.29, 1.82) is 0 Å². The number of carbonyl (C=O) groups excluding carboxylic acids is 3. The quantitative estimate of drug-likeness (QED) is 0.0648. The standard InChI is InChI=1S/C31H38N18O6/c1-12-17(27(51)54-9)25(46(6)23(12)35-11-53-8)42-40-19-14(3)44-48(21(19)32)30-37-29(34)38-31(39-30)49-22(33)20(15(4)45-49)41-43-26-18(28(52)55-10)13(2)24(47(26)7)36-16(5)50/h11H,32-33H2,1-10H3,(H,36,50)(H2,34,37,38,39)/b35-11-,42-40+,43-41+. The van der Waals surface area contributed by atoms with Crippen molar-refractivity contribution in [3.8, 4) is 11.9 Å². The van der Waals surface area contributed by atoms with E-state index in [2.05, 4.69) is 55.9 Å². The van der Waals surface area contributed by atoms with Crippen LogP contribution in [0.3, 0.4) is 0 Å². The Morgan fingerprint density at radius 1 is 0.691 bits per heavy atom. The number of methoxy groups -OCH3 is 3. The number of nitrogens with one attached hydrogen (secondary N) is 1. The summed E-state index contributed by atoms with van der Waals surface area (Å²) in [7, 11) is 7.15. The van der Waals surface area contributed by atoms with Crippen LogP contribution in [0.4, 0.5) is 52.2 Å². The van der Waals surface area contributed by atoms with E-state index in [0.717, 1.165) is 4.68 Å². The van der Waals surface area contributed by atoms with E-state index in [1.165, 1.54) is 43.9 Å². The van der Waals surface area contributed by atoms with Gasteiger partial charge in [-0.05, 0) is 27.7 Å². The maximum Gasteiger partial charge on any atom is 0.342 e. The molecular formula is C31H38N18O6. The lowest BCUT2D eigenvalue weighted by molar-refractivity contribution is -0.114. The summed E-state index contributed by atoms with van der Waals surface area (Å²) < 4.78 is 20.2. The van der Waals surface area contributed by atoms with Crippen molar-refractivity contribution in [2.24, 2.45) is 39.5 Å². The molecule has 0 bridgehead atoms. The van der Waals surface area contributed by atoms with Crippen molar-refractivity contribution in [2.75, 3.05) is 43.8 Å². The summed E-state index contributed by atoms with van der Waals surface area (Å²) in [5.74, 6) is -1.28. The van der Waals surface area contributed by atoms with Crippen molar-refractivity contribution in [2.45, 2.75) is 34.6 Å². The summed E-state index contributed by atoms with van der Waals surface area (Å²) in [4.78, 5) is 54.3. The van der Waals surface area contributed by atoms with Crippen LogP contribution in [0, 0.1) is 27.7 Å². The van der Waals surface area contributed by atoms with Gasteiger partial charge in [0.15, 0.2) is 41.0 Å². The Morgan fingerprint density at radius 3 is 1.62 bits per heavy atom. The van der Waals surface area contributed by atoms with Crippen molar-refractivity contribution < 1.29 is 28.6 Å². The zero-order chi connectivity index (χ0) is 40.5. The van der Waals surface area contributed by atoms with E-state index in [1.54, 1.807) is 46.4 Å². The number of aromatic nitrogens is 9. The van der Waals surface area contributed by atoms with Gasteiger partial charge in [-0.2, -0.15) is 34.5 Å². The molecule has 0 radical (unpaired) electrons. The summed E-state index contributed by atoms with van der Waals surface area (Å²) in [6.45, 7) is 7.90. The molecule has 0 aromatic carbocycles. The fraction of sp³-hybridized carbons (Fsp3) is 0.323. The van der Waals surface area contributed by atoms with Crippen molar-refractivity contribution in [1.82, 2.24) is 43.6 Å². The van der Waals surface area contributed by atoms with Crippen LogP contribution in [-0.4, -0.2) is 89.2 Å². The van der Waals surface area contributed by atoms with E-state index in [9.17, 15) is 14.4 Å². The van der Waals surface area contributed by atoms with Gasteiger partial charge in [0, 0.05) is 32.1 Å². The molecule has 0 unspecified atom stereocenters. The van der Waals surface area contributed by atoms with Crippen LogP contribution in [0.1, 0.15) is 50.2 Å². The summed E-state index contributed by atoms with van der Waals surface area (Å²) in [5.41, 5.74) is 21.1. The predicted octanol–water partition coefficient (Wildman–Crippen LogP) is 3.57. The van der Waals surface area contributed by atoms with Crippen LogP contribution in [-0.2, 0) is 33.1 Å². The van der Waals surface area contributed by atoms with Gasteiger partial charge in [0.2, 0.25) is 11.9 Å². The first-order valence-electron chi connectivity index (χ1n) is 16.0. The molecule has 5 heterocycles. The van der Waals surface area contributed by atoms with Crippen molar-refractivity contribution in [3.05, 3.63) is 33.6 Å². The lowest BCUT2D eigenvalue weighted by atomic mass is 10.2. The molecule has 0 aliphatic rings. The molecule has 5 rings (SSSR count). The van der Waals surface area contributed by atoms with Crippen molar-refractivity contribution in [3.63, 3.8) is 0 Å². The minimum Gasteiger partial charge on any atom is -0.486 e. The number of hydrogen-bond acceptors (Lipinski definition) is 19. The molecule has 55 heavy (non-hydrogen) atoms. The third kappa shape index (κ3) is 7.01. The SMILES string of the molecule is CO/C=N\c1c(C)c(C(=O)OC)c(/N=N/c2c(C)nn(-c3nc(N)nc(-n4nc(C)c(/N=N/c5c(C(=O)OC)c(C)c(NC(C)=O)n5C)c4N)n3)c2N)n1C. The highest BCUT2D eigenvalue weighted by atomic mass is 16.5. The largest absolute Gasteiger partial charge is 0.486 e. The average molecular weight is 759 g/mol. The van der Waals surface area contributed by atoms with E-state index in [1.807, 2.05) is 0 Å². The first kappa shape index (κ1) is 38.7. The smallest absolute Gasteiger partial charge is 0.342 e. The van der Waals surface area contributed by atoms with E-state index in [0.29, 0.717) is 34.2 Å². The van der Waals surface area contributed by atoms with Gasteiger partial charge in [-0.15, -0.1) is 20.5 Å². The monoisotopic (exact) mass is 758 g/mol. The number of rotatable bonds is 11. The Labute approximate surface area is 312 Å². The molecule has 7 N–H and O–H groups in total. The molecule has 5 aromatic rings. The minimum atomic E-state index is -0.687. The van der Waals surface area contributed by atoms with Gasteiger partial charge in [-0.1, -0.05) is 0 Å². The predicted molar refractivity (Wildman–Crippen MR) is 198 cm³/mol. The summed E-state index contributed by atoms with van der Waals surface area (Å²) in [6.07, 6.45) is 1.22. The number of nitrogens with two attached hydrogens (primary N) is 3. The van der Waals surface area contributed by atoms with Gasteiger partial charge in [-0.3, -0.25) is 4.79 Å². The van der Waals surface area contributed by atoms with Crippen LogP contribution >= 0.6 is 0 Å². The van der Waals surface area contributed by atoms with Crippen LogP contribution in [0.15, 0.2) is 25.4 Å². The lowest BCUT2D eigenvalue weighted by Gasteiger charge is -2.07. The molecule has 0 aliphatic carbocycles. The molecule has 0 spiro atoms. The van der Waals surface area contributed by atoms with Gasteiger partial charge in [0.05, 0.1) is 32.7 Å². The summed E-state index contributed by atoms with van der Waals surface area (Å²) in [5, 5.41) is 28.7. The Hall–Kier alpha value is -7.53. The molecule has 0 aliphatic heterocycles. The fourth-order valence-corrected chi connectivity index (χ4v) is 5.55. The normalized spacial score (nSPS) is 11.7. The number of anilines is 4. The first-order valence-corrected chi connectivity index (χ1v) is 16.0. The topological polar surface area (TPSA) is 315 Å². The Balaban J connectivity index is 1.54. The summed E-state index contributed by atoms with van der Waals surface area (Å²) >= 11 is 0. The molecule has 0 saturated carbocycles. The number of nitrogen functional groups attached to an aromatic ring is 3. The van der Waals surface area contributed by atoms with Crippen LogP contribution in [0.5, 0.6) is 0 Å². The second kappa shape index (κ2) is 15.2. The molecule has 0 saturated heterocycles. The number of aliphatic imine (C=N–C) groups is 1. The molecule has 5 aromatic heterocycles. The molecule has 1 amide bonds. The van der Waals surface area contributed by atoms with Gasteiger partial charge in [0.25, 0.3) is 11.9 Å². The molecule has 24 nitrogen and oxygen atoms in total. The number of carbonyl (C=O) groups is 3. The molecule has 288 valence electrons. The van der Waals surface area contributed by atoms with Gasteiger partial charge >= 0.3 is 11.9 Å². The highest BCUT2D eigenvalue weighted by Crippen LogP contribution is 2.38. The first-order chi connectivity index (χ1) is 26.1. The van der Waals surface area contributed by atoms with Gasteiger partial charge < -0.3 is 45.9 Å². The van der Waals surface area contributed by atoms with Crippen molar-refractivity contribution >= 4 is 76.5 Å². The number of esters is 2. The Kier molecular flexibility index (Phi) is 10.7. The Bertz CT molecular complexity index is 2450. The number of amides is 1. The summed E-state index contributed by atoms with van der Waals surface area (Å²) in [6, 6.07) is 0. The zero-order valence-electron chi connectivity index (χ0n) is 31.5. The van der Waals surface area contributed by atoms with E-state index in [-0.39, 0.29) is 69.5 Å². The maximum atomic E-state index is 12.7. The van der Waals surface area contributed by atoms with E-state index >= 15 is 0 Å². The zero-order valence-corrected chi connectivity index (χ0v) is 31.5. The van der Waals surface area contributed by atoms with E-state index in [4.69, 9.17) is 31.4 Å². The number of nitrogens with zero attached hydrogens (tertiary/aromatic N) is 14. The number of aryl methyl sites for hydroxylation is 2. The van der Waals surface area contributed by atoms with Crippen LogP contribution < -0.4 is 22.5 Å². The van der Waals surface area contributed by atoms with Crippen LogP contribution in [0.25, 0.3) is 11.9 Å². The second-order valence-corrected chi connectivity index (χ2v) is 11.7. The van der Waals surface area contributed by atoms with E-state index < -0.39 is 11.9 Å². The third-order valence-electron chi connectivity index (χ3n) is 8.15. The molecule has 0 atom stereocenters. The highest BCUT2D eigenvalue weighted by molar-refractivity contribution is 6.00. The van der Waals surface area contributed by atoms with Gasteiger partial charge in [0.1, 0.15) is 22.8 Å². The lowest BCUT2D eigenvalue weighted by Crippen LogP contribution is -2.15. The number of azo groups is 2. The molecular weight excluding hydrogens is 720 g/mol. The minimum absolute atomic E-state index is 0.0296. The second-order valence-electron chi connectivity index (χ2n) is 11.7. The number of ether oxygens (including phenoxy) is 3. The Morgan fingerprint density at radius 2 is 1.16 bits per heavy atom. The van der Waals surface area contributed by atoms with Gasteiger partial charge in [-0.25, -0.2) is 14.6 Å². The maximum absolute atomic E-state index is 12.7. The third-order valence-corrected chi connectivity index (χ3v) is 8.15. The fourth-order valence-electron chi connectivity index (χ4n) is 5.55.